The second kappa shape index (κ2) is 5.69. The van der Waals surface area contributed by atoms with Crippen LogP contribution in [0.3, 0.4) is 0 Å². The molecule has 0 aromatic heterocycles. The van der Waals surface area contributed by atoms with E-state index in [1.165, 1.54) is 0 Å². The predicted molar refractivity (Wildman–Crippen MR) is 98.9 cm³/mol. The Balaban J connectivity index is 1.51. The van der Waals surface area contributed by atoms with Crippen LogP contribution in [0.2, 0.25) is 0 Å². The van der Waals surface area contributed by atoms with E-state index in [4.69, 9.17) is 16.2 Å². The quantitative estimate of drug-likeness (QED) is 0.392. The third kappa shape index (κ3) is 2.12. The van der Waals surface area contributed by atoms with Crippen LogP contribution in [0.25, 0.3) is 0 Å². The van der Waals surface area contributed by atoms with Gasteiger partial charge >= 0.3 is 0 Å². The molecule has 6 atom stereocenters. The lowest BCUT2D eigenvalue weighted by atomic mass is 9.46. The van der Waals surface area contributed by atoms with Crippen molar-refractivity contribution in [2.45, 2.75) is 76.7 Å². The van der Waals surface area contributed by atoms with E-state index in [2.05, 4.69) is 18.9 Å². The van der Waals surface area contributed by atoms with Gasteiger partial charge in [0.15, 0.2) is 0 Å². The van der Waals surface area contributed by atoms with Crippen molar-refractivity contribution in [3.8, 4) is 12.3 Å². The smallest absolute Gasteiger partial charge is 0.139 e. The molecule has 0 aromatic carbocycles. The standard InChI is InChI=1S/C23H30O3/c1-3-9-23-12-11-22(13-14-25-26-22)15-16(23)4-5-17-18-6-7-20(24)21(18,2)10-8-19(17)23/h1,4,17-19H,5-15H2,2H3/t17-,18-,19-,21-,22?,23-/m0/s1. The first-order chi connectivity index (χ1) is 12.5. The number of rotatable bonds is 1. The lowest BCUT2D eigenvalue weighted by molar-refractivity contribution is -0.315. The molecule has 4 aliphatic carbocycles. The van der Waals surface area contributed by atoms with Crippen molar-refractivity contribution >= 4 is 5.78 Å². The summed E-state index contributed by atoms with van der Waals surface area (Å²) in [5.74, 6) is 5.38. The number of carbonyl (C=O) groups is 1. The Labute approximate surface area is 156 Å². The van der Waals surface area contributed by atoms with E-state index in [0.717, 1.165) is 64.2 Å². The molecule has 1 unspecified atom stereocenters. The Kier molecular flexibility index (Phi) is 3.73. The Hall–Kier alpha value is -1.11. The van der Waals surface area contributed by atoms with Crippen LogP contribution in [0.15, 0.2) is 11.6 Å². The average molecular weight is 354 g/mol. The third-order valence-electron chi connectivity index (χ3n) is 8.97. The molecule has 1 saturated heterocycles. The largest absolute Gasteiger partial charge is 0.299 e. The zero-order valence-corrected chi connectivity index (χ0v) is 15.9. The molecule has 26 heavy (non-hydrogen) atoms. The van der Waals surface area contributed by atoms with Gasteiger partial charge in [0, 0.05) is 36.5 Å². The maximum absolute atomic E-state index is 12.6. The van der Waals surface area contributed by atoms with Crippen LogP contribution < -0.4 is 0 Å². The molecule has 3 heteroatoms. The molecule has 5 rings (SSSR count). The van der Waals surface area contributed by atoms with Crippen LogP contribution in [0.1, 0.15) is 71.1 Å². The van der Waals surface area contributed by atoms with Gasteiger partial charge < -0.3 is 0 Å². The zero-order valence-electron chi connectivity index (χ0n) is 15.9. The molecule has 0 aromatic rings. The van der Waals surface area contributed by atoms with Crippen molar-refractivity contribution in [3.05, 3.63) is 11.6 Å². The fourth-order valence-corrected chi connectivity index (χ4v) is 7.51. The number of fused-ring (bicyclic) bond motifs is 5. The van der Waals surface area contributed by atoms with Crippen LogP contribution in [0, 0.1) is 40.9 Å². The summed E-state index contributed by atoms with van der Waals surface area (Å²) >= 11 is 0. The highest BCUT2D eigenvalue weighted by Gasteiger charge is 2.61. The summed E-state index contributed by atoms with van der Waals surface area (Å²) in [6.45, 7) is 2.96. The van der Waals surface area contributed by atoms with E-state index < -0.39 is 0 Å². The molecular weight excluding hydrogens is 324 g/mol. The summed E-state index contributed by atoms with van der Waals surface area (Å²) in [5.41, 5.74) is 1.51. The number of carbonyl (C=O) groups excluding carboxylic acids is 1. The Bertz CT molecular complexity index is 695. The molecule has 140 valence electrons. The van der Waals surface area contributed by atoms with Gasteiger partial charge in [-0.2, -0.15) is 0 Å². The molecule has 4 fully saturated rings. The van der Waals surface area contributed by atoms with Crippen molar-refractivity contribution in [2.24, 2.45) is 28.6 Å². The van der Waals surface area contributed by atoms with Crippen LogP contribution in [-0.2, 0) is 14.6 Å². The van der Waals surface area contributed by atoms with Crippen LogP contribution in [-0.4, -0.2) is 18.0 Å². The summed E-state index contributed by atoms with van der Waals surface area (Å²) < 4.78 is 0. The van der Waals surface area contributed by atoms with Crippen molar-refractivity contribution in [2.75, 3.05) is 6.61 Å². The molecular formula is C23H30O3. The fraction of sp³-hybridized carbons (Fsp3) is 0.783. The van der Waals surface area contributed by atoms with Gasteiger partial charge in [-0.05, 0) is 56.3 Å². The van der Waals surface area contributed by atoms with E-state index >= 15 is 0 Å². The minimum absolute atomic E-state index is 0.0673. The molecule has 1 spiro atoms. The van der Waals surface area contributed by atoms with Gasteiger partial charge in [-0.1, -0.05) is 18.6 Å². The highest BCUT2D eigenvalue weighted by molar-refractivity contribution is 5.87. The van der Waals surface area contributed by atoms with Crippen LogP contribution in [0.4, 0.5) is 0 Å². The van der Waals surface area contributed by atoms with Gasteiger partial charge in [0.2, 0.25) is 0 Å². The molecule has 1 heterocycles. The Morgan fingerprint density at radius 3 is 2.88 bits per heavy atom. The van der Waals surface area contributed by atoms with Crippen molar-refractivity contribution in [1.29, 1.82) is 0 Å². The maximum atomic E-state index is 12.6. The second-order valence-corrected chi connectivity index (χ2v) is 9.81. The first-order valence-corrected chi connectivity index (χ1v) is 10.5. The summed E-state index contributed by atoms with van der Waals surface area (Å²) in [5, 5.41) is 0. The molecule has 3 saturated carbocycles. The average Bonchev–Trinajstić information content (AvgIpc) is 3.21. The monoisotopic (exact) mass is 354 g/mol. The van der Waals surface area contributed by atoms with E-state index in [9.17, 15) is 4.79 Å². The van der Waals surface area contributed by atoms with Gasteiger partial charge in [-0.3, -0.25) is 4.79 Å². The van der Waals surface area contributed by atoms with Crippen molar-refractivity contribution in [3.63, 3.8) is 0 Å². The van der Waals surface area contributed by atoms with Gasteiger partial charge in [0.05, 0.1) is 6.61 Å². The second-order valence-electron chi connectivity index (χ2n) is 9.81. The van der Waals surface area contributed by atoms with E-state index in [1.807, 2.05) is 0 Å². The summed E-state index contributed by atoms with van der Waals surface area (Å²) in [4.78, 5) is 23.6. The lowest BCUT2D eigenvalue weighted by Gasteiger charge is -2.58. The molecule has 3 nitrogen and oxygen atoms in total. The molecule has 0 radical (unpaired) electrons. The van der Waals surface area contributed by atoms with Gasteiger partial charge in [-0.25, -0.2) is 9.78 Å². The molecule has 0 bridgehead atoms. The minimum Gasteiger partial charge on any atom is -0.299 e. The van der Waals surface area contributed by atoms with Crippen molar-refractivity contribution < 1.29 is 14.6 Å². The highest BCUT2D eigenvalue weighted by atomic mass is 17.2. The normalized spacial score (nSPS) is 49.9. The summed E-state index contributed by atoms with van der Waals surface area (Å²) in [6.07, 6.45) is 18.6. The molecule has 0 amide bonds. The van der Waals surface area contributed by atoms with E-state index in [1.54, 1.807) is 5.57 Å². The number of ketones is 1. The first-order valence-electron chi connectivity index (χ1n) is 10.5. The number of hydrogen-bond donors (Lipinski definition) is 0. The third-order valence-corrected chi connectivity index (χ3v) is 8.97. The molecule has 1 aliphatic heterocycles. The van der Waals surface area contributed by atoms with Gasteiger partial charge in [-0.15, -0.1) is 12.3 Å². The number of allylic oxidation sites excluding steroid dienone is 1. The number of hydrogen-bond acceptors (Lipinski definition) is 3. The Morgan fingerprint density at radius 2 is 2.12 bits per heavy atom. The number of terminal acetylenes is 1. The molecule has 0 N–H and O–H groups in total. The van der Waals surface area contributed by atoms with E-state index in [0.29, 0.717) is 30.1 Å². The molecule has 5 aliphatic rings. The van der Waals surface area contributed by atoms with Gasteiger partial charge in [0.25, 0.3) is 0 Å². The van der Waals surface area contributed by atoms with Crippen LogP contribution >= 0.6 is 0 Å². The van der Waals surface area contributed by atoms with E-state index in [-0.39, 0.29) is 16.4 Å². The first kappa shape index (κ1) is 17.0. The Morgan fingerprint density at radius 1 is 1.23 bits per heavy atom. The summed E-state index contributed by atoms with van der Waals surface area (Å²) in [7, 11) is 0. The fourth-order valence-electron chi connectivity index (χ4n) is 7.51. The number of Topliss-reactive ketones (excluding diaryl/α,β-unsaturated/α-hetero) is 1. The van der Waals surface area contributed by atoms with Gasteiger partial charge in [0.1, 0.15) is 11.4 Å². The topological polar surface area (TPSA) is 35.5 Å². The lowest BCUT2D eigenvalue weighted by Crippen LogP contribution is -2.53. The zero-order chi connectivity index (χ0) is 18.0. The highest BCUT2D eigenvalue weighted by Crippen LogP contribution is 2.66. The summed E-state index contributed by atoms with van der Waals surface area (Å²) in [6, 6.07) is 0. The van der Waals surface area contributed by atoms with Crippen LogP contribution in [0.5, 0.6) is 0 Å². The van der Waals surface area contributed by atoms with Crippen molar-refractivity contribution in [1.82, 2.24) is 0 Å². The minimum atomic E-state index is -0.108. The predicted octanol–water partition coefficient (Wildman–Crippen LogP) is 4.61. The SMILES string of the molecule is C#CC[C@]12CCC3(CCOO3)CC1=CC[C@@H]1[C@@H]2CC[C@]2(C)C(=O)CC[C@@H]12. The maximum Gasteiger partial charge on any atom is 0.139 e.